The minimum Gasteiger partial charge on any atom is -0.447 e. The summed E-state index contributed by atoms with van der Waals surface area (Å²) in [4.78, 5) is 44.1. The summed E-state index contributed by atoms with van der Waals surface area (Å²) in [6.07, 6.45) is -2.68. The van der Waals surface area contributed by atoms with Gasteiger partial charge in [-0.15, -0.1) is 0 Å². The minimum atomic E-state index is -4.86. The van der Waals surface area contributed by atoms with E-state index < -0.39 is 51.1 Å². The molecule has 2 atom stereocenters. The number of aromatic nitrogens is 1. The van der Waals surface area contributed by atoms with Gasteiger partial charge in [-0.1, -0.05) is 59.2 Å². The van der Waals surface area contributed by atoms with E-state index in [1.54, 1.807) is 24.3 Å². The van der Waals surface area contributed by atoms with Crippen molar-refractivity contribution in [3.8, 4) is 11.3 Å². The van der Waals surface area contributed by atoms with Gasteiger partial charge < -0.3 is 34.4 Å². The lowest BCUT2D eigenvalue weighted by Crippen LogP contribution is -2.47. The molecule has 0 bridgehead atoms. The number of amides is 3. The molecule has 0 fully saturated rings. The van der Waals surface area contributed by atoms with E-state index in [4.69, 9.17) is 30.6 Å². The highest BCUT2D eigenvalue weighted by molar-refractivity contribution is 7.46. The van der Waals surface area contributed by atoms with Crippen molar-refractivity contribution in [1.29, 1.82) is 0 Å². The number of anilines is 1. The van der Waals surface area contributed by atoms with Gasteiger partial charge in [-0.3, -0.25) is 9.84 Å². The van der Waals surface area contributed by atoms with E-state index >= 15 is 0 Å². The molecule has 3 amide bonds. The molecule has 0 saturated carbocycles. The summed E-state index contributed by atoms with van der Waals surface area (Å²) in [5.74, 6) is -0.194. The van der Waals surface area contributed by atoms with Crippen LogP contribution in [0, 0.1) is 5.82 Å². The van der Waals surface area contributed by atoms with Crippen LogP contribution >= 0.6 is 19.4 Å². The number of benzene rings is 2. The lowest BCUT2D eigenvalue weighted by Gasteiger charge is -2.29. The minimum absolute atomic E-state index is 0.0635. The molecule has 2 aromatic carbocycles. The van der Waals surface area contributed by atoms with Crippen LogP contribution in [-0.2, 0) is 20.4 Å². The third-order valence-electron chi connectivity index (χ3n) is 5.51. The number of phosphoric ester groups is 1. The highest BCUT2D eigenvalue weighted by Gasteiger charge is 2.27. The van der Waals surface area contributed by atoms with Crippen molar-refractivity contribution < 1.29 is 47.2 Å². The summed E-state index contributed by atoms with van der Waals surface area (Å²) in [5, 5.41) is 18.8. The van der Waals surface area contributed by atoms with Gasteiger partial charge in [-0.25, -0.2) is 18.5 Å². The zero-order valence-electron chi connectivity index (χ0n) is 21.1. The molecule has 0 aliphatic carbocycles. The number of halogens is 2. The fraction of sp³-hybridized carbons (Fsp3) is 0.292. The van der Waals surface area contributed by atoms with Crippen LogP contribution in [0.2, 0.25) is 5.02 Å². The second-order valence-corrected chi connectivity index (χ2v) is 10.1. The molecule has 1 aromatic heterocycles. The average molecular weight is 601 g/mol. The normalized spacial score (nSPS) is 12.8. The van der Waals surface area contributed by atoms with Crippen molar-refractivity contribution >= 4 is 37.4 Å². The molecule has 0 unspecified atom stereocenters. The topological polar surface area (TPSA) is 184 Å². The molecule has 0 spiro atoms. The highest BCUT2D eigenvalue weighted by Crippen LogP contribution is 2.36. The number of aliphatic hydroxyl groups excluding tert-OH is 1. The molecule has 0 aliphatic heterocycles. The van der Waals surface area contributed by atoms with Crippen LogP contribution in [0.25, 0.3) is 11.3 Å². The summed E-state index contributed by atoms with van der Waals surface area (Å²) in [7, 11) is -3.51. The van der Waals surface area contributed by atoms with Crippen LogP contribution in [-0.4, -0.2) is 69.5 Å². The second-order valence-electron chi connectivity index (χ2n) is 8.48. The van der Waals surface area contributed by atoms with E-state index in [-0.39, 0.29) is 23.8 Å². The Morgan fingerprint density at radius 3 is 2.60 bits per heavy atom. The van der Waals surface area contributed by atoms with E-state index in [0.29, 0.717) is 11.3 Å². The van der Waals surface area contributed by atoms with Gasteiger partial charge in [0.2, 0.25) is 0 Å². The van der Waals surface area contributed by atoms with Gasteiger partial charge in [0.15, 0.2) is 11.6 Å². The number of likely N-dealkylation sites (N-methyl/N-ethyl adjacent to an activating group) is 1. The van der Waals surface area contributed by atoms with Crippen molar-refractivity contribution in [3.05, 3.63) is 71.0 Å². The van der Waals surface area contributed by atoms with E-state index in [1.807, 2.05) is 6.07 Å². The molecule has 1 heterocycles. The first-order chi connectivity index (χ1) is 18.9. The number of hydrogen-bond acceptors (Lipinski definition) is 8. The highest BCUT2D eigenvalue weighted by atomic mass is 35.5. The Morgan fingerprint density at radius 2 is 1.90 bits per heavy atom. The number of carbonyl (C=O) groups excluding carboxylic acids is 2. The second kappa shape index (κ2) is 14.2. The lowest BCUT2D eigenvalue weighted by molar-refractivity contribution is 0.0452. The van der Waals surface area contributed by atoms with E-state index in [0.717, 1.165) is 10.5 Å². The van der Waals surface area contributed by atoms with Crippen LogP contribution in [0.1, 0.15) is 12.0 Å². The smallest absolute Gasteiger partial charge is 0.447 e. The van der Waals surface area contributed by atoms with Crippen molar-refractivity contribution in [2.75, 3.05) is 25.6 Å². The van der Waals surface area contributed by atoms with Gasteiger partial charge in [0.05, 0.1) is 23.8 Å². The largest absolute Gasteiger partial charge is 0.469 e. The van der Waals surface area contributed by atoms with Crippen LogP contribution in [0.15, 0.2) is 59.1 Å². The standard InChI is InChI=1S/C24H27ClFN4O9P/c1-30(23(32)27-12-16-8-5-9-19(26)22(16)25)17(10-18(31)14-38-40(34,35)36)13-37-24(33)28-21-11-20(39-29-21)15-6-3-2-4-7-15/h2-9,11,17-18,31H,10,12-14H2,1H3,(H,27,32)(H,28,29,33)(H2,34,35,36)/t17-,18-/m0/s1. The number of rotatable bonds is 12. The molecule has 3 rings (SSSR count). The molecule has 13 nitrogen and oxygen atoms in total. The van der Waals surface area contributed by atoms with Gasteiger partial charge in [0, 0.05) is 25.2 Å². The zero-order chi connectivity index (χ0) is 29.3. The predicted molar refractivity (Wildman–Crippen MR) is 141 cm³/mol. The number of hydrogen-bond donors (Lipinski definition) is 5. The maximum atomic E-state index is 13.7. The molecule has 5 N–H and O–H groups in total. The van der Waals surface area contributed by atoms with Crippen molar-refractivity contribution in [2.45, 2.75) is 25.1 Å². The maximum Gasteiger partial charge on any atom is 0.469 e. The lowest BCUT2D eigenvalue weighted by atomic mass is 10.1. The van der Waals surface area contributed by atoms with Gasteiger partial charge in [-0.05, 0) is 18.1 Å². The van der Waals surface area contributed by atoms with Crippen LogP contribution in [0.5, 0.6) is 0 Å². The Bertz CT molecular complexity index is 1340. The average Bonchev–Trinajstić information content (AvgIpc) is 3.38. The van der Waals surface area contributed by atoms with E-state index in [9.17, 15) is 23.7 Å². The number of ether oxygens (including phenoxy) is 1. The number of urea groups is 1. The summed E-state index contributed by atoms with van der Waals surface area (Å²) < 4.78 is 39.4. The SMILES string of the molecule is CN(C(=O)NCc1cccc(F)c1Cl)[C@H](COC(=O)Nc1cc(-c2ccccc2)on1)C[C@H](O)COP(=O)(O)O. The van der Waals surface area contributed by atoms with Crippen LogP contribution < -0.4 is 10.6 Å². The Hall–Kier alpha value is -3.52. The molecule has 0 radical (unpaired) electrons. The maximum absolute atomic E-state index is 13.7. The first kappa shape index (κ1) is 31.0. The molecular weight excluding hydrogens is 574 g/mol. The van der Waals surface area contributed by atoms with Crippen molar-refractivity contribution in [1.82, 2.24) is 15.4 Å². The molecule has 0 saturated heterocycles. The summed E-state index contributed by atoms with van der Waals surface area (Å²) in [6.45, 7) is -1.32. The number of phosphoric acid groups is 1. The number of aliphatic hydroxyl groups is 1. The van der Waals surface area contributed by atoms with E-state index in [2.05, 4.69) is 20.3 Å². The Kier molecular flexibility index (Phi) is 11.0. The first-order valence-electron chi connectivity index (χ1n) is 11.7. The zero-order valence-corrected chi connectivity index (χ0v) is 22.7. The summed E-state index contributed by atoms with van der Waals surface area (Å²) in [6, 6.07) is 12.9. The quantitative estimate of drug-likeness (QED) is 0.192. The van der Waals surface area contributed by atoms with Crippen LogP contribution in [0.4, 0.5) is 19.8 Å². The van der Waals surface area contributed by atoms with Crippen molar-refractivity contribution in [3.63, 3.8) is 0 Å². The van der Waals surface area contributed by atoms with E-state index in [1.165, 1.54) is 31.3 Å². The number of nitrogens with one attached hydrogen (secondary N) is 2. The Morgan fingerprint density at radius 1 is 1.18 bits per heavy atom. The fourth-order valence-corrected chi connectivity index (χ4v) is 3.99. The summed E-state index contributed by atoms with van der Waals surface area (Å²) >= 11 is 5.92. The molecule has 3 aromatic rings. The summed E-state index contributed by atoms with van der Waals surface area (Å²) in [5.41, 5.74) is 1.04. The molecular formula is C24H27ClFN4O9P. The Balaban J connectivity index is 1.62. The molecule has 216 valence electrons. The molecule has 16 heteroatoms. The monoisotopic (exact) mass is 600 g/mol. The van der Waals surface area contributed by atoms with Gasteiger partial charge in [0.1, 0.15) is 12.4 Å². The van der Waals surface area contributed by atoms with Gasteiger partial charge in [0.25, 0.3) is 0 Å². The molecule has 0 aliphatic rings. The van der Waals surface area contributed by atoms with Crippen LogP contribution in [0.3, 0.4) is 0 Å². The Labute approximate surface area is 233 Å². The third-order valence-corrected chi connectivity index (χ3v) is 6.42. The van der Waals surface area contributed by atoms with Gasteiger partial charge >= 0.3 is 19.9 Å². The third kappa shape index (κ3) is 9.59. The number of carbonyl (C=O) groups is 2. The number of nitrogens with zero attached hydrogens (tertiary/aromatic N) is 2. The fourth-order valence-electron chi connectivity index (χ4n) is 3.43. The molecule has 40 heavy (non-hydrogen) atoms. The predicted octanol–water partition coefficient (Wildman–Crippen LogP) is 3.75. The van der Waals surface area contributed by atoms with Crippen molar-refractivity contribution in [2.24, 2.45) is 0 Å². The first-order valence-corrected chi connectivity index (χ1v) is 13.6. The van der Waals surface area contributed by atoms with Gasteiger partial charge in [-0.2, -0.15) is 0 Å².